The molecule has 1 rings (SSSR count). The summed E-state index contributed by atoms with van der Waals surface area (Å²) < 4.78 is 0.575. The van der Waals surface area contributed by atoms with Crippen LogP contribution >= 0.6 is 15.9 Å². The van der Waals surface area contributed by atoms with E-state index in [2.05, 4.69) is 21.2 Å². The minimum atomic E-state index is -0.110. The maximum absolute atomic E-state index is 11.6. The van der Waals surface area contributed by atoms with Gasteiger partial charge in [0.1, 0.15) is 0 Å². The van der Waals surface area contributed by atoms with Gasteiger partial charge in [-0.3, -0.25) is 4.79 Å². The van der Waals surface area contributed by atoms with Gasteiger partial charge in [-0.05, 0) is 41.4 Å². The fraction of sp³-hybridized carbons (Fsp3) is 0.250. The Balaban J connectivity index is 2.66. The molecule has 15 heavy (non-hydrogen) atoms. The SMILES string of the molecule is CCC=C(Br)C(=O)Nc1ccc(C)cc1. The Hall–Kier alpha value is -1.09. The summed E-state index contributed by atoms with van der Waals surface area (Å²) in [4.78, 5) is 11.6. The van der Waals surface area contributed by atoms with Crippen LogP contribution in [0, 0.1) is 6.92 Å². The van der Waals surface area contributed by atoms with Gasteiger partial charge in [0.15, 0.2) is 0 Å². The molecule has 0 aromatic heterocycles. The summed E-state index contributed by atoms with van der Waals surface area (Å²) in [6, 6.07) is 7.71. The molecular weight excluding hydrogens is 254 g/mol. The predicted molar refractivity (Wildman–Crippen MR) is 67.1 cm³/mol. The van der Waals surface area contributed by atoms with Crippen molar-refractivity contribution in [3.8, 4) is 0 Å². The first kappa shape index (κ1) is 12.0. The van der Waals surface area contributed by atoms with E-state index in [9.17, 15) is 4.79 Å². The molecule has 80 valence electrons. The van der Waals surface area contributed by atoms with Gasteiger partial charge in [0, 0.05) is 5.69 Å². The van der Waals surface area contributed by atoms with Gasteiger partial charge in [-0.2, -0.15) is 0 Å². The Bertz CT molecular complexity index is 368. The first-order valence-corrected chi connectivity index (χ1v) is 5.66. The normalized spacial score (nSPS) is 11.3. The zero-order valence-corrected chi connectivity index (χ0v) is 10.5. The Morgan fingerprint density at radius 1 is 1.40 bits per heavy atom. The zero-order valence-electron chi connectivity index (χ0n) is 8.88. The summed E-state index contributed by atoms with van der Waals surface area (Å²) in [5.74, 6) is -0.110. The van der Waals surface area contributed by atoms with Crippen LogP contribution in [0.3, 0.4) is 0 Å². The fourth-order valence-electron chi connectivity index (χ4n) is 1.10. The third kappa shape index (κ3) is 3.88. The number of benzene rings is 1. The van der Waals surface area contributed by atoms with Crippen molar-refractivity contribution in [2.45, 2.75) is 20.3 Å². The van der Waals surface area contributed by atoms with Crippen LogP contribution in [0.15, 0.2) is 34.8 Å². The molecule has 2 nitrogen and oxygen atoms in total. The minimum absolute atomic E-state index is 0.110. The summed E-state index contributed by atoms with van der Waals surface area (Å²) in [5.41, 5.74) is 1.99. The number of amides is 1. The van der Waals surface area contributed by atoms with E-state index < -0.39 is 0 Å². The molecule has 0 aliphatic heterocycles. The van der Waals surface area contributed by atoms with Gasteiger partial charge in [0.05, 0.1) is 4.48 Å². The smallest absolute Gasteiger partial charge is 0.262 e. The number of anilines is 1. The lowest BCUT2D eigenvalue weighted by atomic mass is 10.2. The van der Waals surface area contributed by atoms with Crippen LogP contribution < -0.4 is 5.32 Å². The van der Waals surface area contributed by atoms with Crippen molar-refractivity contribution in [3.05, 3.63) is 40.4 Å². The van der Waals surface area contributed by atoms with Crippen molar-refractivity contribution in [3.63, 3.8) is 0 Å². The molecule has 0 bridgehead atoms. The lowest BCUT2D eigenvalue weighted by molar-refractivity contribution is -0.112. The molecule has 3 heteroatoms. The number of carbonyl (C=O) groups excluding carboxylic acids is 1. The van der Waals surface area contributed by atoms with Crippen LogP contribution in [0.2, 0.25) is 0 Å². The summed E-state index contributed by atoms with van der Waals surface area (Å²) >= 11 is 3.22. The molecule has 0 atom stereocenters. The Morgan fingerprint density at radius 3 is 2.53 bits per heavy atom. The van der Waals surface area contributed by atoms with E-state index in [1.807, 2.05) is 44.2 Å². The molecule has 1 N–H and O–H groups in total. The second-order valence-electron chi connectivity index (χ2n) is 3.28. The molecule has 0 fully saturated rings. The van der Waals surface area contributed by atoms with Gasteiger partial charge in [-0.25, -0.2) is 0 Å². The lowest BCUT2D eigenvalue weighted by Crippen LogP contribution is -2.11. The quantitative estimate of drug-likeness (QED) is 0.833. The second kappa shape index (κ2) is 5.71. The number of hydrogen-bond donors (Lipinski definition) is 1. The summed E-state index contributed by atoms with van der Waals surface area (Å²) in [5, 5.41) is 2.80. The van der Waals surface area contributed by atoms with Crippen LogP contribution in [-0.2, 0) is 4.79 Å². The molecule has 1 amide bonds. The zero-order chi connectivity index (χ0) is 11.3. The molecule has 0 heterocycles. The Kier molecular flexibility index (Phi) is 4.56. The molecule has 0 unspecified atom stereocenters. The van der Waals surface area contributed by atoms with Crippen LogP contribution in [0.1, 0.15) is 18.9 Å². The molecule has 0 saturated carbocycles. The van der Waals surface area contributed by atoms with E-state index in [1.165, 1.54) is 5.56 Å². The van der Waals surface area contributed by atoms with E-state index >= 15 is 0 Å². The second-order valence-corrected chi connectivity index (χ2v) is 4.13. The van der Waals surface area contributed by atoms with E-state index in [0.717, 1.165) is 12.1 Å². The van der Waals surface area contributed by atoms with Crippen molar-refractivity contribution in [1.29, 1.82) is 0 Å². The number of carbonyl (C=O) groups is 1. The van der Waals surface area contributed by atoms with Gasteiger partial charge in [0.2, 0.25) is 0 Å². The van der Waals surface area contributed by atoms with Crippen LogP contribution in [-0.4, -0.2) is 5.91 Å². The van der Waals surface area contributed by atoms with Crippen molar-refractivity contribution in [2.75, 3.05) is 5.32 Å². The van der Waals surface area contributed by atoms with Gasteiger partial charge in [0.25, 0.3) is 5.91 Å². The van der Waals surface area contributed by atoms with E-state index in [-0.39, 0.29) is 5.91 Å². The number of nitrogens with one attached hydrogen (secondary N) is 1. The average molecular weight is 268 g/mol. The summed E-state index contributed by atoms with van der Waals surface area (Å²) in [6.45, 7) is 4.00. The van der Waals surface area contributed by atoms with E-state index in [4.69, 9.17) is 0 Å². The Labute approximate surface area is 98.5 Å². The molecular formula is C12H14BrNO. The van der Waals surface area contributed by atoms with E-state index in [0.29, 0.717) is 4.48 Å². The Morgan fingerprint density at radius 2 is 2.00 bits per heavy atom. The monoisotopic (exact) mass is 267 g/mol. The van der Waals surface area contributed by atoms with Gasteiger partial charge >= 0.3 is 0 Å². The summed E-state index contributed by atoms with van der Waals surface area (Å²) in [6.07, 6.45) is 2.67. The minimum Gasteiger partial charge on any atom is -0.322 e. The lowest BCUT2D eigenvalue weighted by Gasteiger charge is -2.04. The highest BCUT2D eigenvalue weighted by molar-refractivity contribution is 9.12. The largest absolute Gasteiger partial charge is 0.322 e. The van der Waals surface area contributed by atoms with Crippen molar-refractivity contribution in [1.82, 2.24) is 0 Å². The van der Waals surface area contributed by atoms with Crippen molar-refractivity contribution >= 4 is 27.5 Å². The predicted octanol–water partition coefficient (Wildman–Crippen LogP) is 3.62. The first-order chi connectivity index (χ1) is 7.13. The molecule has 0 aliphatic rings. The maximum Gasteiger partial charge on any atom is 0.262 e. The highest BCUT2D eigenvalue weighted by Crippen LogP contribution is 2.13. The maximum atomic E-state index is 11.6. The van der Waals surface area contributed by atoms with Crippen molar-refractivity contribution in [2.24, 2.45) is 0 Å². The number of rotatable bonds is 3. The van der Waals surface area contributed by atoms with Crippen LogP contribution in [0.5, 0.6) is 0 Å². The molecule has 0 aliphatic carbocycles. The third-order valence-corrected chi connectivity index (χ3v) is 2.59. The number of halogens is 1. The fourth-order valence-corrected chi connectivity index (χ4v) is 1.52. The van der Waals surface area contributed by atoms with Crippen LogP contribution in [0.25, 0.3) is 0 Å². The number of aryl methyl sites for hydroxylation is 1. The topological polar surface area (TPSA) is 29.1 Å². The molecule has 0 radical (unpaired) electrons. The molecule has 0 saturated heterocycles. The standard InChI is InChI=1S/C12H14BrNO/c1-3-4-11(13)12(15)14-10-7-5-9(2)6-8-10/h4-8H,3H2,1-2H3,(H,14,15). The van der Waals surface area contributed by atoms with Crippen LogP contribution in [0.4, 0.5) is 5.69 Å². The van der Waals surface area contributed by atoms with E-state index in [1.54, 1.807) is 0 Å². The van der Waals surface area contributed by atoms with Gasteiger partial charge in [-0.1, -0.05) is 30.7 Å². The van der Waals surface area contributed by atoms with Gasteiger partial charge < -0.3 is 5.32 Å². The van der Waals surface area contributed by atoms with Gasteiger partial charge in [-0.15, -0.1) is 0 Å². The molecule has 1 aromatic rings. The number of hydrogen-bond acceptors (Lipinski definition) is 1. The average Bonchev–Trinajstić information content (AvgIpc) is 2.22. The number of allylic oxidation sites excluding steroid dienone is 1. The highest BCUT2D eigenvalue weighted by atomic mass is 79.9. The first-order valence-electron chi connectivity index (χ1n) is 4.87. The highest BCUT2D eigenvalue weighted by Gasteiger charge is 2.04. The van der Waals surface area contributed by atoms with Crippen molar-refractivity contribution < 1.29 is 4.79 Å². The third-order valence-electron chi connectivity index (χ3n) is 1.91. The molecule has 0 spiro atoms. The summed E-state index contributed by atoms with van der Waals surface area (Å²) in [7, 11) is 0. The molecule has 1 aromatic carbocycles.